The van der Waals surface area contributed by atoms with E-state index in [2.05, 4.69) is 15.0 Å². The third-order valence-corrected chi connectivity index (χ3v) is 2.16. The molecule has 1 aromatic heterocycles. The zero-order valence-corrected chi connectivity index (χ0v) is 9.63. The Balaban J connectivity index is 1.73. The summed E-state index contributed by atoms with van der Waals surface area (Å²) < 4.78 is 9.98. The molecule has 6 nitrogen and oxygen atoms in total. The van der Waals surface area contributed by atoms with Crippen LogP contribution in [-0.4, -0.2) is 17.7 Å². The van der Waals surface area contributed by atoms with Crippen molar-refractivity contribution in [1.29, 1.82) is 0 Å². The van der Waals surface area contributed by atoms with E-state index >= 15 is 0 Å². The van der Waals surface area contributed by atoms with Gasteiger partial charge in [0.2, 0.25) is 5.91 Å². The number of hydrogen-bond acceptors (Lipinski definition) is 5. The zero-order chi connectivity index (χ0) is 12.8. The van der Waals surface area contributed by atoms with Crippen molar-refractivity contribution in [1.82, 2.24) is 5.16 Å². The summed E-state index contributed by atoms with van der Waals surface area (Å²) in [6.45, 7) is 0.271. The molecule has 0 radical (unpaired) electrons. The minimum absolute atomic E-state index is 0.187. The van der Waals surface area contributed by atoms with Crippen LogP contribution in [0.1, 0.15) is 6.42 Å². The van der Waals surface area contributed by atoms with Crippen LogP contribution in [0.5, 0.6) is 5.75 Å². The topological polar surface area (TPSA) is 90.4 Å². The normalized spacial score (nSPS) is 10.0. The third kappa shape index (κ3) is 3.51. The van der Waals surface area contributed by atoms with Gasteiger partial charge in [0.05, 0.1) is 13.0 Å². The maximum Gasteiger partial charge on any atom is 0.229 e. The lowest BCUT2D eigenvalue weighted by Gasteiger charge is -2.06. The molecule has 2 aromatic rings. The summed E-state index contributed by atoms with van der Waals surface area (Å²) in [4.78, 5) is 11.5. The van der Waals surface area contributed by atoms with Gasteiger partial charge in [-0.3, -0.25) is 4.79 Å². The summed E-state index contributed by atoms with van der Waals surface area (Å²) in [7, 11) is 0. The summed E-state index contributed by atoms with van der Waals surface area (Å²) in [5.41, 5.74) is 6.23. The lowest BCUT2D eigenvalue weighted by Crippen LogP contribution is -2.15. The van der Waals surface area contributed by atoms with Crippen LogP contribution in [0.3, 0.4) is 0 Å². The number of nitrogens with one attached hydrogen (secondary N) is 1. The molecule has 0 saturated carbocycles. The van der Waals surface area contributed by atoms with Crippen molar-refractivity contribution in [3.8, 4) is 5.75 Å². The van der Waals surface area contributed by atoms with Gasteiger partial charge in [-0.05, 0) is 12.1 Å². The molecule has 94 valence electrons. The smallest absolute Gasteiger partial charge is 0.229 e. The monoisotopic (exact) mass is 247 g/mol. The first-order chi connectivity index (χ1) is 8.74. The number of nitrogen functional groups attached to an aromatic ring is 1. The van der Waals surface area contributed by atoms with E-state index in [9.17, 15) is 4.79 Å². The Labute approximate surface area is 104 Å². The van der Waals surface area contributed by atoms with Crippen LogP contribution >= 0.6 is 0 Å². The van der Waals surface area contributed by atoms with E-state index < -0.39 is 0 Å². The number of hydrogen-bond donors (Lipinski definition) is 2. The largest absolute Gasteiger partial charge is 0.493 e. The highest BCUT2D eigenvalue weighted by molar-refractivity contribution is 5.89. The molecule has 18 heavy (non-hydrogen) atoms. The van der Waals surface area contributed by atoms with Gasteiger partial charge >= 0.3 is 0 Å². The molecule has 1 heterocycles. The average molecular weight is 247 g/mol. The van der Waals surface area contributed by atoms with Gasteiger partial charge in [-0.2, -0.15) is 0 Å². The van der Waals surface area contributed by atoms with Crippen LogP contribution < -0.4 is 15.8 Å². The van der Waals surface area contributed by atoms with E-state index in [0.717, 1.165) is 0 Å². The predicted octanol–water partition coefficient (Wildman–Crippen LogP) is 1.66. The molecule has 0 bridgehead atoms. The summed E-state index contributed by atoms with van der Waals surface area (Å²) in [5, 5.41) is 6.14. The molecule has 0 unspecified atom stereocenters. The van der Waals surface area contributed by atoms with Crippen molar-refractivity contribution in [2.24, 2.45) is 0 Å². The Hall–Kier alpha value is -2.50. The molecule has 3 N–H and O–H groups in total. The first-order valence-corrected chi connectivity index (χ1v) is 5.42. The molecule has 0 atom stereocenters. The van der Waals surface area contributed by atoms with Crippen LogP contribution in [0, 0.1) is 0 Å². The highest BCUT2D eigenvalue weighted by Crippen LogP contribution is 2.14. The van der Waals surface area contributed by atoms with Crippen LogP contribution in [0.2, 0.25) is 0 Å². The van der Waals surface area contributed by atoms with E-state index in [-0.39, 0.29) is 18.9 Å². The molecular weight excluding hydrogens is 234 g/mol. The summed E-state index contributed by atoms with van der Waals surface area (Å²) in [6, 6.07) is 8.61. The van der Waals surface area contributed by atoms with Crippen LogP contribution in [0.15, 0.2) is 41.1 Å². The van der Waals surface area contributed by atoms with E-state index in [1.807, 2.05) is 0 Å². The second-order valence-electron chi connectivity index (χ2n) is 3.60. The van der Waals surface area contributed by atoms with Crippen molar-refractivity contribution >= 4 is 17.4 Å². The number of nitrogens with zero attached hydrogens (tertiary/aromatic N) is 1. The summed E-state index contributed by atoms with van der Waals surface area (Å²) in [6.07, 6.45) is 1.61. The number of ether oxygens (including phenoxy) is 1. The molecule has 0 aliphatic heterocycles. The highest BCUT2D eigenvalue weighted by atomic mass is 16.5. The number of aromatic nitrogens is 1. The van der Waals surface area contributed by atoms with E-state index in [1.54, 1.807) is 30.3 Å². The Kier molecular flexibility index (Phi) is 3.80. The molecule has 0 aliphatic carbocycles. The number of anilines is 2. The van der Waals surface area contributed by atoms with Crippen LogP contribution in [-0.2, 0) is 4.79 Å². The summed E-state index contributed by atoms with van der Waals surface area (Å²) >= 11 is 0. The fourth-order valence-electron chi connectivity index (χ4n) is 1.35. The first-order valence-electron chi connectivity index (χ1n) is 5.42. The highest BCUT2D eigenvalue weighted by Gasteiger charge is 2.04. The second kappa shape index (κ2) is 5.72. The van der Waals surface area contributed by atoms with Gasteiger partial charge in [0.25, 0.3) is 0 Å². The van der Waals surface area contributed by atoms with Gasteiger partial charge in [-0.25, -0.2) is 0 Å². The fourth-order valence-corrected chi connectivity index (χ4v) is 1.35. The fraction of sp³-hybridized carbons (Fsp3) is 0.167. The number of nitrogens with two attached hydrogens (primary N) is 1. The number of rotatable bonds is 5. The first kappa shape index (κ1) is 12.0. The van der Waals surface area contributed by atoms with E-state index in [1.165, 1.54) is 6.26 Å². The standard InChI is InChI=1S/C12H13N3O3/c13-9-2-1-3-10(8-9)17-6-5-12(16)14-11-4-7-18-15-11/h1-4,7-8H,5-6,13H2,(H,14,15,16). The average Bonchev–Trinajstić information content (AvgIpc) is 2.82. The maximum absolute atomic E-state index is 11.5. The number of benzene rings is 1. The molecule has 0 saturated heterocycles. The van der Waals surface area contributed by atoms with Gasteiger partial charge in [-0.15, -0.1) is 0 Å². The van der Waals surface area contributed by atoms with Crippen molar-refractivity contribution in [2.75, 3.05) is 17.7 Å². The molecule has 0 spiro atoms. The second-order valence-corrected chi connectivity index (χ2v) is 3.60. The third-order valence-electron chi connectivity index (χ3n) is 2.16. The molecule has 0 aliphatic rings. The molecule has 2 rings (SSSR count). The van der Waals surface area contributed by atoms with Crippen LogP contribution in [0.25, 0.3) is 0 Å². The van der Waals surface area contributed by atoms with Gasteiger partial charge in [0.1, 0.15) is 12.0 Å². The number of carbonyl (C=O) groups is 1. The van der Waals surface area contributed by atoms with Gasteiger partial charge in [0, 0.05) is 17.8 Å². The Morgan fingerprint density at radius 2 is 2.33 bits per heavy atom. The lowest BCUT2D eigenvalue weighted by atomic mass is 10.3. The number of amides is 1. The Morgan fingerprint density at radius 3 is 3.06 bits per heavy atom. The lowest BCUT2D eigenvalue weighted by molar-refractivity contribution is -0.116. The van der Waals surface area contributed by atoms with Crippen LogP contribution in [0.4, 0.5) is 11.5 Å². The minimum Gasteiger partial charge on any atom is -0.493 e. The van der Waals surface area contributed by atoms with Crippen molar-refractivity contribution < 1.29 is 14.1 Å². The number of carbonyl (C=O) groups excluding carboxylic acids is 1. The molecular formula is C12H13N3O3. The predicted molar refractivity (Wildman–Crippen MR) is 66.1 cm³/mol. The van der Waals surface area contributed by atoms with Gasteiger partial charge < -0.3 is 20.3 Å². The molecule has 1 amide bonds. The summed E-state index contributed by atoms with van der Waals surface area (Å²) in [5.74, 6) is 0.848. The molecule has 6 heteroatoms. The van der Waals surface area contributed by atoms with Crippen molar-refractivity contribution in [3.63, 3.8) is 0 Å². The van der Waals surface area contributed by atoms with E-state index in [0.29, 0.717) is 17.3 Å². The van der Waals surface area contributed by atoms with Gasteiger partial charge in [0.15, 0.2) is 5.82 Å². The maximum atomic E-state index is 11.5. The van der Waals surface area contributed by atoms with Crippen molar-refractivity contribution in [3.05, 3.63) is 36.6 Å². The SMILES string of the molecule is Nc1cccc(OCCC(=O)Nc2ccon2)c1. The zero-order valence-electron chi connectivity index (χ0n) is 9.63. The van der Waals surface area contributed by atoms with E-state index in [4.69, 9.17) is 10.5 Å². The molecule has 1 aromatic carbocycles. The minimum atomic E-state index is -0.187. The Morgan fingerprint density at radius 1 is 1.44 bits per heavy atom. The van der Waals surface area contributed by atoms with Gasteiger partial charge in [-0.1, -0.05) is 11.2 Å². The quantitative estimate of drug-likeness (QED) is 0.784. The van der Waals surface area contributed by atoms with Crippen molar-refractivity contribution in [2.45, 2.75) is 6.42 Å². The Bertz CT molecular complexity index is 511. The molecule has 0 fully saturated rings.